The zero-order chi connectivity index (χ0) is 13.5. The molecule has 3 heteroatoms. The van der Waals surface area contributed by atoms with Crippen LogP contribution in [0.2, 0.25) is 0 Å². The molecule has 0 aliphatic rings. The van der Waals surface area contributed by atoms with Crippen LogP contribution in [0.25, 0.3) is 0 Å². The monoisotopic (exact) mass is 256 g/mol. The number of hydrogen-bond donors (Lipinski definition) is 0. The number of carbonyl (C=O) groups excluding carboxylic acids is 1. The molecule has 0 aliphatic heterocycles. The molecule has 0 heterocycles. The van der Waals surface area contributed by atoms with Gasteiger partial charge in [0.25, 0.3) is 0 Å². The molecule has 3 nitrogen and oxygen atoms in total. The summed E-state index contributed by atoms with van der Waals surface area (Å²) in [5, 5.41) is 0. The number of carbonyl (C=O) groups is 1. The van der Waals surface area contributed by atoms with Gasteiger partial charge in [-0.3, -0.25) is 4.79 Å². The minimum Gasteiger partial charge on any atom is -0.486 e. The first-order valence-electron chi connectivity index (χ1n) is 6.25. The number of para-hydroxylation sites is 1. The van der Waals surface area contributed by atoms with Gasteiger partial charge in [-0.05, 0) is 24.3 Å². The predicted molar refractivity (Wildman–Crippen MR) is 73.8 cm³/mol. The fourth-order valence-electron chi connectivity index (χ4n) is 1.52. The molecule has 19 heavy (non-hydrogen) atoms. The van der Waals surface area contributed by atoms with Crippen LogP contribution in [-0.4, -0.2) is 12.4 Å². The maximum atomic E-state index is 11.2. The molecule has 0 saturated carbocycles. The zero-order valence-corrected chi connectivity index (χ0v) is 10.8. The van der Waals surface area contributed by atoms with Gasteiger partial charge in [-0.1, -0.05) is 31.2 Å². The van der Waals surface area contributed by atoms with Gasteiger partial charge in [0.2, 0.25) is 0 Å². The first-order chi connectivity index (χ1) is 9.28. The van der Waals surface area contributed by atoms with Gasteiger partial charge in [-0.2, -0.15) is 0 Å². The summed E-state index contributed by atoms with van der Waals surface area (Å²) in [5.74, 6) is 2.17. The Hall–Kier alpha value is -2.29. The summed E-state index contributed by atoms with van der Waals surface area (Å²) in [7, 11) is 0. The number of Topliss-reactive ketones (excluding diaryl/α,β-unsaturated/α-hetero) is 1. The predicted octanol–water partition coefficient (Wildman–Crippen LogP) is 3.84. The Bertz CT molecular complexity index is 535. The van der Waals surface area contributed by atoms with Gasteiger partial charge in [0.15, 0.2) is 5.78 Å². The summed E-state index contributed by atoms with van der Waals surface area (Å²) in [6.45, 7) is 1.92. The van der Waals surface area contributed by atoms with Crippen LogP contribution in [0.3, 0.4) is 0 Å². The van der Waals surface area contributed by atoms with Crippen LogP contribution < -0.4 is 9.47 Å². The molecule has 0 N–H and O–H groups in total. The highest BCUT2D eigenvalue weighted by Crippen LogP contribution is 2.24. The fourth-order valence-corrected chi connectivity index (χ4v) is 1.52. The molecule has 2 aromatic carbocycles. The maximum absolute atomic E-state index is 11.2. The van der Waals surface area contributed by atoms with Crippen molar-refractivity contribution < 1.29 is 14.3 Å². The molecule has 0 spiro atoms. The Morgan fingerprint density at radius 3 is 2.37 bits per heavy atom. The molecule has 98 valence electrons. The van der Waals surface area contributed by atoms with E-state index >= 15 is 0 Å². The molecule has 2 rings (SSSR count). The third kappa shape index (κ3) is 4.14. The van der Waals surface area contributed by atoms with Crippen LogP contribution in [0.4, 0.5) is 0 Å². The lowest BCUT2D eigenvalue weighted by atomic mass is 10.3. The van der Waals surface area contributed by atoms with Crippen molar-refractivity contribution in [1.29, 1.82) is 0 Å². The zero-order valence-electron chi connectivity index (χ0n) is 10.8. The second kappa shape index (κ2) is 6.59. The summed E-state index contributed by atoms with van der Waals surface area (Å²) in [4.78, 5) is 11.2. The first kappa shape index (κ1) is 13.1. The average Bonchev–Trinajstić information content (AvgIpc) is 2.46. The van der Waals surface area contributed by atoms with Gasteiger partial charge in [0, 0.05) is 12.5 Å². The van der Waals surface area contributed by atoms with Crippen LogP contribution in [0.5, 0.6) is 17.2 Å². The van der Waals surface area contributed by atoms with E-state index < -0.39 is 0 Å². The maximum Gasteiger partial charge on any atom is 0.169 e. The highest BCUT2D eigenvalue weighted by Gasteiger charge is 2.02. The molecule has 2 aromatic rings. The summed E-state index contributed by atoms with van der Waals surface area (Å²) in [5.41, 5.74) is 0. The van der Waals surface area contributed by atoms with Crippen molar-refractivity contribution in [3.63, 3.8) is 0 Å². The van der Waals surface area contributed by atoms with Gasteiger partial charge < -0.3 is 9.47 Å². The van der Waals surface area contributed by atoms with Crippen molar-refractivity contribution in [2.24, 2.45) is 0 Å². The van der Waals surface area contributed by atoms with Gasteiger partial charge in [0.1, 0.15) is 23.9 Å². The Balaban J connectivity index is 2.01. The summed E-state index contributed by atoms with van der Waals surface area (Å²) in [6.07, 6.45) is 0.486. The summed E-state index contributed by atoms with van der Waals surface area (Å²) >= 11 is 0. The van der Waals surface area contributed by atoms with E-state index in [0.29, 0.717) is 17.9 Å². The van der Waals surface area contributed by atoms with Gasteiger partial charge in [-0.15, -0.1) is 0 Å². The minimum absolute atomic E-state index is 0.0781. The Morgan fingerprint density at radius 1 is 0.947 bits per heavy atom. The van der Waals surface area contributed by atoms with Crippen LogP contribution in [0.15, 0.2) is 54.6 Å². The lowest BCUT2D eigenvalue weighted by molar-refractivity contribution is -0.120. The van der Waals surface area contributed by atoms with Crippen molar-refractivity contribution in [2.75, 3.05) is 6.61 Å². The number of rotatable bonds is 6. The molecular formula is C16H16O3. The van der Waals surface area contributed by atoms with Crippen molar-refractivity contribution >= 4 is 5.78 Å². The van der Waals surface area contributed by atoms with E-state index in [-0.39, 0.29) is 12.4 Å². The van der Waals surface area contributed by atoms with E-state index in [1.54, 1.807) is 12.1 Å². The quantitative estimate of drug-likeness (QED) is 0.787. The molecular weight excluding hydrogens is 240 g/mol. The largest absolute Gasteiger partial charge is 0.486 e. The molecule has 0 amide bonds. The Morgan fingerprint density at radius 2 is 1.63 bits per heavy atom. The van der Waals surface area contributed by atoms with E-state index in [2.05, 4.69) is 0 Å². The average molecular weight is 256 g/mol. The number of ether oxygens (including phenoxy) is 2. The van der Waals surface area contributed by atoms with Gasteiger partial charge in [0.05, 0.1) is 0 Å². The van der Waals surface area contributed by atoms with Crippen molar-refractivity contribution in [3.05, 3.63) is 54.6 Å². The van der Waals surface area contributed by atoms with Crippen LogP contribution in [0, 0.1) is 0 Å². The summed E-state index contributed by atoms with van der Waals surface area (Å²) < 4.78 is 11.1. The van der Waals surface area contributed by atoms with Crippen molar-refractivity contribution in [2.45, 2.75) is 13.3 Å². The normalized spacial score (nSPS) is 9.95. The Labute approximate surface area is 112 Å². The highest BCUT2D eigenvalue weighted by atomic mass is 16.5. The smallest absolute Gasteiger partial charge is 0.169 e. The molecule has 0 radical (unpaired) electrons. The number of hydrogen-bond acceptors (Lipinski definition) is 3. The minimum atomic E-state index is 0.0781. The third-order valence-electron chi connectivity index (χ3n) is 2.58. The first-order valence-corrected chi connectivity index (χ1v) is 6.25. The highest BCUT2D eigenvalue weighted by molar-refractivity contribution is 5.79. The van der Waals surface area contributed by atoms with Crippen molar-refractivity contribution in [1.82, 2.24) is 0 Å². The van der Waals surface area contributed by atoms with Gasteiger partial charge in [-0.25, -0.2) is 0 Å². The standard InChI is InChI=1S/C16H16O3/c1-2-13(17)12-18-15-9-6-10-16(11-15)19-14-7-4-3-5-8-14/h3-11H,2,12H2,1H3. The van der Waals surface area contributed by atoms with E-state index in [9.17, 15) is 4.79 Å². The molecule has 0 unspecified atom stereocenters. The van der Waals surface area contributed by atoms with E-state index in [4.69, 9.17) is 9.47 Å². The molecule has 0 aliphatic carbocycles. The van der Waals surface area contributed by atoms with Crippen LogP contribution in [0.1, 0.15) is 13.3 Å². The Kier molecular flexibility index (Phi) is 4.56. The topological polar surface area (TPSA) is 35.5 Å². The second-order valence-electron chi connectivity index (χ2n) is 4.07. The molecule has 0 fully saturated rings. The second-order valence-corrected chi connectivity index (χ2v) is 4.07. The van der Waals surface area contributed by atoms with E-state index in [1.807, 2.05) is 49.4 Å². The summed E-state index contributed by atoms with van der Waals surface area (Å²) in [6, 6.07) is 16.8. The molecule has 0 aromatic heterocycles. The lowest BCUT2D eigenvalue weighted by Crippen LogP contribution is -2.09. The number of benzene rings is 2. The van der Waals surface area contributed by atoms with Gasteiger partial charge >= 0.3 is 0 Å². The fraction of sp³-hybridized carbons (Fsp3) is 0.188. The third-order valence-corrected chi connectivity index (χ3v) is 2.58. The van der Waals surface area contributed by atoms with E-state index in [1.165, 1.54) is 0 Å². The molecule has 0 bridgehead atoms. The molecule has 0 saturated heterocycles. The lowest BCUT2D eigenvalue weighted by Gasteiger charge is -2.08. The number of ketones is 1. The SMILES string of the molecule is CCC(=O)COc1cccc(Oc2ccccc2)c1. The van der Waals surface area contributed by atoms with Crippen molar-refractivity contribution in [3.8, 4) is 17.2 Å². The molecule has 0 atom stereocenters. The van der Waals surface area contributed by atoms with Crippen LogP contribution in [-0.2, 0) is 4.79 Å². The van der Waals surface area contributed by atoms with E-state index in [0.717, 1.165) is 5.75 Å². The van der Waals surface area contributed by atoms with Crippen LogP contribution >= 0.6 is 0 Å².